The molecule has 0 saturated carbocycles. The highest BCUT2D eigenvalue weighted by Crippen LogP contribution is 2.28. The number of H-pyrrole nitrogens is 1. The molecule has 100 valence electrons. The summed E-state index contributed by atoms with van der Waals surface area (Å²) in [5, 5.41) is 18.7. The summed E-state index contributed by atoms with van der Waals surface area (Å²) >= 11 is 5.08. The molecule has 0 aromatic carbocycles. The maximum absolute atomic E-state index is 11.6. The number of nitrogens with one attached hydrogen (secondary N) is 1. The second-order valence-corrected chi connectivity index (χ2v) is 4.68. The van der Waals surface area contributed by atoms with Crippen LogP contribution in [0.5, 0.6) is 0 Å². The topological polar surface area (TPSA) is 87.5 Å². The van der Waals surface area contributed by atoms with Crippen molar-refractivity contribution >= 4 is 12.2 Å². The molecule has 2 heterocycles. The minimum atomic E-state index is -0.723. The Balaban J connectivity index is 2.35. The summed E-state index contributed by atoms with van der Waals surface area (Å²) in [6.45, 7) is 1.63. The molecule has 0 amide bonds. The molecule has 0 bridgehead atoms. The second-order valence-electron chi connectivity index (χ2n) is 4.29. The van der Waals surface area contributed by atoms with Crippen LogP contribution in [-0.4, -0.2) is 38.6 Å². The minimum absolute atomic E-state index is 0.198. The molecule has 2 rings (SSSR count). The van der Waals surface area contributed by atoms with Crippen molar-refractivity contribution in [2.45, 2.75) is 38.2 Å². The van der Waals surface area contributed by atoms with E-state index in [1.165, 1.54) is 0 Å². The highest BCUT2D eigenvalue weighted by atomic mass is 32.1. The van der Waals surface area contributed by atoms with E-state index in [1.807, 2.05) is 6.92 Å². The van der Waals surface area contributed by atoms with Gasteiger partial charge in [0.1, 0.15) is 12.3 Å². The average molecular weight is 272 g/mol. The lowest BCUT2D eigenvalue weighted by Gasteiger charge is -2.16. The Labute approximate surface area is 109 Å². The molecule has 1 aromatic heterocycles. The minimum Gasteiger partial charge on any atom is -0.394 e. The highest BCUT2D eigenvalue weighted by Gasteiger charge is 2.34. The van der Waals surface area contributed by atoms with Crippen LogP contribution in [0.25, 0.3) is 0 Å². The Kier molecular flexibility index (Phi) is 3.96. The number of aliphatic hydroxyl groups is 2. The number of hydrogen-bond acceptors (Lipinski definition) is 5. The summed E-state index contributed by atoms with van der Waals surface area (Å²) in [4.78, 5) is 14.1. The largest absolute Gasteiger partial charge is 0.394 e. The van der Waals surface area contributed by atoms with Crippen LogP contribution in [0.4, 0.5) is 0 Å². The first-order valence-corrected chi connectivity index (χ1v) is 6.26. The van der Waals surface area contributed by atoms with Gasteiger partial charge in [-0.2, -0.15) is 0 Å². The molecular formula is C11H16N2O4S. The van der Waals surface area contributed by atoms with Gasteiger partial charge >= 0.3 is 0 Å². The van der Waals surface area contributed by atoms with Crippen LogP contribution in [0.3, 0.4) is 0 Å². The average Bonchev–Trinajstić information content (AvgIpc) is 2.70. The predicted molar refractivity (Wildman–Crippen MR) is 66.9 cm³/mol. The molecule has 1 aliphatic rings. The smallest absolute Gasteiger partial charge is 0.254 e. The zero-order chi connectivity index (χ0) is 13.3. The maximum Gasteiger partial charge on any atom is 0.254 e. The van der Waals surface area contributed by atoms with Crippen molar-refractivity contribution in [1.82, 2.24) is 9.55 Å². The van der Waals surface area contributed by atoms with Crippen molar-refractivity contribution in [3.8, 4) is 0 Å². The molecule has 0 radical (unpaired) electrons. The Hall–Kier alpha value is -1.02. The Morgan fingerprint density at radius 2 is 2.39 bits per heavy atom. The third kappa shape index (κ3) is 2.39. The number of aryl methyl sites for hydroxylation is 1. The van der Waals surface area contributed by atoms with E-state index in [1.54, 1.807) is 10.8 Å². The summed E-state index contributed by atoms with van der Waals surface area (Å²) in [6, 6.07) is 0. The number of hydrogen-bond donors (Lipinski definition) is 3. The standard InChI is InChI=1S/C11H16N2O4S/c1-2-6-4-13(11(18)12-10(6)16)9-3-7(15)8(5-14)17-9/h4,7-9,14-15H,2-3,5H2,1H3,(H,12,16,18)/t7-,8+,9+/m1/s1. The van der Waals surface area contributed by atoms with Gasteiger partial charge in [0.2, 0.25) is 0 Å². The predicted octanol–water partition coefficient (Wildman–Crippen LogP) is 0.109. The fourth-order valence-corrected chi connectivity index (χ4v) is 2.31. The Morgan fingerprint density at radius 3 is 2.94 bits per heavy atom. The molecule has 6 nitrogen and oxygen atoms in total. The van der Waals surface area contributed by atoms with Crippen LogP contribution in [0.15, 0.2) is 11.0 Å². The molecule has 1 saturated heterocycles. The number of aromatic amines is 1. The van der Waals surface area contributed by atoms with E-state index in [0.717, 1.165) is 0 Å². The van der Waals surface area contributed by atoms with E-state index in [-0.39, 0.29) is 16.9 Å². The van der Waals surface area contributed by atoms with Gasteiger partial charge < -0.3 is 14.9 Å². The van der Waals surface area contributed by atoms with Crippen molar-refractivity contribution in [2.24, 2.45) is 0 Å². The zero-order valence-electron chi connectivity index (χ0n) is 10.00. The number of aromatic nitrogens is 2. The molecule has 0 spiro atoms. The second kappa shape index (κ2) is 5.31. The van der Waals surface area contributed by atoms with Crippen molar-refractivity contribution < 1.29 is 14.9 Å². The van der Waals surface area contributed by atoms with Gasteiger partial charge in [-0.1, -0.05) is 6.92 Å². The van der Waals surface area contributed by atoms with E-state index in [9.17, 15) is 9.90 Å². The molecule has 1 aliphatic heterocycles. The molecule has 0 unspecified atom stereocenters. The molecule has 1 aromatic rings. The molecule has 3 atom stereocenters. The summed E-state index contributed by atoms with van der Waals surface area (Å²) < 4.78 is 7.38. The van der Waals surface area contributed by atoms with Gasteiger partial charge in [0.25, 0.3) is 5.56 Å². The summed E-state index contributed by atoms with van der Waals surface area (Å²) in [5.74, 6) is 0. The first kappa shape index (κ1) is 13.4. The number of rotatable bonds is 3. The van der Waals surface area contributed by atoms with Gasteiger partial charge in [-0.15, -0.1) is 0 Å². The summed E-state index contributed by atoms with van der Waals surface area (Å²) in [5.41, 5.74) is 0.408. The van der Waals surface area contributed by atoms with Gasteiger partial charge in [0.15, 0.2) is 4.77 Å². The van der Waals surface area contributed by atoms with Crippen molar-refractivity contribution in [3.05, 3.63) is 26.9 Å². The Bertz CT molecular complexity index is 539. The van der Waals surface area contributed by atoms with E-state index < -0.39 is 18.4 Å². The Morgan fingerprint density at radius 1 is 1.67 bits per heavy atom. The van der Waals surface area contributed by atoms with Gasteiger partial charge in [-0.05, 0) is 18.6 Å². The van der Waals surface area contributed by atoms with E-state index in [2.05, 4.69) is 4.98 Å². The molecule has 18 heavy (non-hydrogen) atoms. The SMILES string of the molecule is CCc1cn([C@@H]2C[C@@H](O)[C@H](CO)O2)c(=S)[nH]c1=O. The van der Waals surface area contributed by atoms with Crippen molar-refractivity contribution in [1.29, 1.82) is 0 Å². The van der Waals surface area contributed by atoms with Crippen LogP contribution in [0, 0.1) is 4.77 Å². The lowest BCUT2D eigenvalue weighted by atomic mass is 10.2. The van der Waals surface area contributed by atoms with Gasteiger partial charge in [0.05, 0.1) is 12.7 Å². The first-order valence-electron chi connectivity index (χ1n) is 5.85. The monoisotopic (exact) mass is 272 g/mol. The number of aliphatic hydroxyl groups excluding tert-OH is 2. The lowest BCUT2D eigenvalue weighted by molar-refractivity contribution is -0.0453. The van der Waals surface area contributed by atoms with Crippen LogP contribution in [0.1, 0.15) is 25.1 Å². The van der Waals surface area contributed by atoms with E-state index in [0.29, 0.717) is 18.4 Å². The van der Waals surface area contributed by atoms with Gasteiger partial charge in [0, 0.05) is 18.2 Å². The fraction of sp³-hybridized carbons (Fsp3) is 0.636. The third-order valence-electron chi connectivity index (χ3n) is 3.12. The first-order chi connectivity index (χ1) is 8.56. The quantitative estimate of drug-likeness (QED) is 0.680. The highest BCUT2D eigenvalue weighted by molar-refractivity contribution is 7.71. The number of ether oxygens (including phenoxy) is 1. The van der Waals surface area contributed by atoms with Crippen LogP contribution >= 0.6 is 12.2 Å². The lowest BCUT2D eigenvalue weighted by Crippen LogP contribution is -2.24. The summed E-state index contributed by atoms with van der Waals surface area (Å²) in [6.07, 6.45) is 0.802. The molecule has 1 fully saturated rings. The number of nitrogens with zero attached hydrogens (tertiary/aromatic N) is 1. The van der Waals surface area contributed by atoms with Gasteiger partial charge in [-0.3, -0.25) is 14.3 Å². The maximum atomic E-state index is 11.6. The van der Waals surface area contributed by atoms with E-state index in [4.69, 9.17) is 22.1 Å². The zero-order valence-corrected chi connectivity index (χ0v) is 10.8. The molecular weight excluding hydrogens is 256 g/mol. The fourth-order valence-electron chi connectivity index (χ4n) is 2.04. The third-order valence-corrected chi connectivity index (χ3v) is 3.43. The van der Waals surface area contributed by atoms with Gasteiger partial charge in [-0.25, -0.2) is 0 Å². The van der Waals surface area contributed by atoms with E-state index >= 15 is 0 Å². The molecule has 0 aliphatic carbocycles. The summed E-state index contributed by atoms with van der Waals surface area (Å²) in [7, 11) is 0. The molecule has 7 heteroatoms. The normalized spacial score (nSPS) is 27.6. The van der Waals surface area contributed by atoms with Crippen LogP contribution in [0.2, 0.25) is 0 Å². The van der Waals surface area contributed by atoms with Crippen molar-refractivity contribution in [3.63, 3.8) is 0 Å². The molecule has 3 N–H and O–H groups in total. The van der Waals surface area contributed by atoms with Crippen LogP contribution in [-0.2, 0) is 11.2 Å². The van der Waals surface area contributed by atoms with Crippen LogP contribution < -0.4 is 5.56 Å². The van der Waals surface area contributed by atoms with Crippen molar-refractivity contribution in [2.75, 3.05) is 6.61 Å².